The smallest absolute Gasteiger partial charge is 0.0644 e. The van der Waals surface area contributed by atoms with Gasteiger partial charge in [0.25, 0.3) is 0 Å². The van der Waals surface area contributed by atoms with Crippen molar-refractivity contribution in [3.05, 3.63) is 17.0 Å². The molecule has 0 aromatic carbocycles. The maximum Gasteiger partial charge on any atom is 0.0644 e. The average molecular weight is 209 g/mol. The molecule has 1 aliphatic rings. The number of nitrogens with zero attached hydrogens (tertiary/aromatic N) is 2. The molecule has 1 aliphatic carbocycles. The zero-order chi connectivity index (χ0) is 11.1. The van der Waals surface area contributed by atoms with E-state index in [1.54, 1.807) is 0 Å². The Labute approximate surface area is 90.1 Å². The van der Waals surface area contributed by atoms with Crippen LogP contribution >= 0.6 is 0 Å². The van der Waals surface area contributed by atoms with Crippen molar-refractivity contribution in [1.82, 2.24) is 9.78 Å². The third-order valence-electron chi connectivity index (χ3n) is 3.26. The molecule has 4 heteroatoms. The fourth-order valence-corrected chi connectivity index (χ4v) is 1.99. The quantitative estimate of drug-likeness (QED) is 0.760. The minimum absolute atomic E-state index is 0.0304. The predicted octanol–water partition coefficient (Wildman–Crippen LogP) is 0.526. The Balaban J connectivity index is 2.22. The van der Waals surface area contributed by atoms with Crippen LogP contribution in [-0.2, 0) is 13.0 Å². The van der Waals surface area contributed by atoms with E-state index in [9.17, 15) is 0 Å². The van der Waals surface area contributed by atoms with Crippen molar-refractivity contribution in [2.45, 2.75) is 45.2 Å². The molecule has 0 radical (unpaired) electrons. The molecule has 1 aromatic rings. The summed E-state index contributed by atoms with van der Waals surface area (Å²) in [5.41, 5.74) is 9.62. The molecule has 0 aliphatic heterocycles. The van der Waals surface area contributed by atoms with Crippen LogP contribution in [0.2, 0.25) is 0 Å². The van der Waals surface area contributed by atoms with Crippen molar-refractivity contribution in [3.63, 3.8) is 0 Å². The lowest BCUT2D eigenvalue weighted by Crippen LogP contribution is -2.25. The number of hydrogen-bond acceptors (Lipinski definition) is 3. The Kier molecular flexibility index (Phi) is 2.56. The van der Waals surface area contributed by atoms with Gasteiger partial charge in [0.05, 0.1) is 18.8 Å². The molecule has 0 amide bonds. The van der Waals surface area contributed by atoms with Crippen LogP contribution in [0.4, 0.5) is 0 Å². The largest absolute Gasteiger partial charge is 0.394 e. The standard InChI is InChI=1S/C11H19N3O/c1-8-10(7-11(12)3-4-11)9(2)14(13-8)5-6-15/h15H,3-7,12H2,1-2H3. The van der Waals surface area contributed by atoms with Crippen molar-refractivity contribution in [3.8, 4) is 0 Å². The number of aliphatic hydroxyl groups is 1. The number of aliphatic hydroxyl groups excluding tert-OH is 1. The molecule has 0 saturated heterocycles. The Bertz CT molecular complexity index is 366. The molecular weight excluding hydrogens is 190 g/mol. The fraction of sp³-hybridized carbons (Fsp3) is 0.727. The summed E-state index contributed by atoms with van der Waals surface area (Å²) in [6.07, 6.45) is 3.17. The lowest BCUT2D eigenvalue weighted by atomic mass is 10.0. The maximum atomic E-state index is 8.90. The third kappa shape index (κ3) is 2.06. The molecule has 0 unspecified atom stereocenters. The molecule has 15 heavy (non-hydrogen) atoms. The minimum atomic E-state index is 0.0304. The molecule has 4 nitrogen and oxygen atoms in total. The summed E-state index contributed by atoms with van der Waals surface area (Å²) in [6, 6.07) is 0. The molecule has 0 atom stereocenters. The predicted molar refractivity (Wildman–Crippen MR) is 58.6 cm³/mol. The second-order valence-corrected chi connectivity index (χ2v) is 4.64. The van der Waals surface area contributed by atoms with Gasteiger partial charge in [-0.3, -0.25) is 4.68 Å². The van der Waals surface area contributed by atoms with Crippen LogP contribution < -0.4 is 5.73 Å². The summed E-state index contributed by atoms with van der Waals surface area (Å²) in [5, 5.41) is 13.3. The molecule has 1 fully saturated rings. The Morgan fingerprint density at radius 2 is 2.13 bits per heavy atom. The topological polar surface area (TPSA) is 64.1 Å². The Hall–Kier alpha value is -0.870. The van der Waals surface area contributed by atoms with Crippen LogP contribution in [-0.4, -0.2) is 27.0 Å². The second kappa shape index (κ2) is 3.61. The lowest BCUT2D eigenvalue weighted by Gasteiger charge is -2.09. The highest BCUT2D eigenvalue weighted by molar-refractivity contribution is 5.28. The highest BCUT2D eigenvalue weighted by Crippen LogP contribution is 2.36. The van der Waals surface area contributed by atoms with E-state index < -0.39 is 0 Å². The molecule has 0 bridgehead atoms. The van der Waals surface area contributed by atoms with Gasteiger partial charge in [-0.2, -0.15) is 5.10 Å². The van der Waals surface area contributed by atoms with E-state index in [-0.39, 0.29) is 12.1 Å². The molecule has 84 valence electrons. The summed E-state index contributed by atoms with van der Waals surface area (Å²) in [7, 11) is 0. The van der Waals surface area contributed by atoms with Gasteiger partial charge in [0.15, 0.2) is 0 Å². The lowest BCUT2D eigenvalue weighted by molar-refractivity contribution is 0.267. The number of nitrogens with two attached hydrogens (primary N) is 1. The van der Waals surface area contributed by atoms with Gasteiger partial charge in [0.1, 0.15) is 0 Å². The second-order valence-electron chi connectivity index (χ2n) is 4.64. The first-order chi connectivity index (χ1) is 7.06. The van der Waals surface area contributed by atoms with E-state index in [1.165, 1.54) is 5.56 Å². The highest BCUT2D eigenvalue weighted by Gasteiger charge is 2.39. The van der Waals surface area contributed by atoms with Gasteiger partial charge in [-0.05, 0) is 38.7 Å². The van der Waals surface area contributed by atoms with Crippen LogP contribution in [0.3, 0.4) is 0 Å². The zero-order valence-electron chi connectivity index (χ0n) is 9.45. The van der Waals surface area contributed by atoms with E-state index in [2.05, 4.69) is 12.0 Å². The third-order valence-corrected chi connectivity index (χ3v) is 3.26. The van der Waals surface area contributed by atoms with Gasteiger partial charge in [0.2, 0.25) is 0 Å². The summed E-state index contributed by atoms with van der Waals surface area (Å²) in [5.74, 6) is 0. The van der Waals surface area contributed by atoms with E-state index >= 15 is 0 Å². The van der Waals surface area contributed by atoms with E-state index in [4.69, 9.17) is 10.8 Å². The Morgan fingerprint density at radius 3 is 2.67 bits per heavy atom. The van der Waals surface area contributed by atoms with E-state index in [0.29, 0.717) is 6.54 Å². The number of rotatable bonds is 4. The first-order valence-corrected chi connectivity index (χ1v) is 5.48. The SMILES string of the molecule is Cc1nn(CCO)c(C)c1CC1(N)CC1. The summed E-state index contributed by atoms with van der Waals surface area (Å²) in [4.78, 5) is 0. The summed E-state index contributed by atoms with van der Waals surface area (Å²) < 4.78 is 1.87. The van der Waals surface area contributed by atoms with Crippen molar-refractivity contribution in [2.24, 2.45) is 5.73 Å². The first-order valence-electron chi connectivity index (χ1n) is 5.48. The molecule has 2 rings (SSSR count). The minimum Gasteiger partial charge on any atom is -0.394 e. The van der Waals surface area contributed by atoms with Gasteiger partial charge in [-0.25, -0.2) is 0 Å². The van der Waals surface area contributed by atoms with Crippen LogP contribution in [0.25, 0.3) is 0 Å². The number of aryl methyl sites for hydroxylation is 1. The first kappa shape index (κ1) is 10.6. The molecule has 3 N–H and O–H groups in total. The molecule has 1 heterocycles. The van der Waals surface area contributed by atoms with Crippen LogP contribution in [0.5, 0.6) is 0 Å². The summed E-state index contributed by atoms with van der Waals surface area (Å²) >= 11 is 0. The van der Waals surface area contributed by atoms with Crippen molar-refractivity contribution >= 4 is 0 Å². The molecule has 0 spiro atoms. The number of aromatic nitrogens is 2. The molecule has 1 aromatic heterocycles. The zero-order valence-corrected chi connectivity index (χ0v) is 9.45. The van der Waals surface area contributed by atoms with E-state index in [1.807, 2.05) is 11.6 Å². The van der Waals surface area contributed by atoms with Gasteiger partial charge in [-0.15, -0.1) is 0 Å². The highest BCUT2D eigenvalue weighted by atomic mass is 16.3. The van der Waals surface area contributed by atoms with Crippen molar-refractivity contribution in [1.29, 1.82) is 0 Å². The Morgan fingerprint density at radius 1 is 1.47 bits per heavy atom. The van der Waals surface area contributed by atoms with Crippen molar-refractivity contribution < 1.29 is 5.11 Å². The number of hydrogen-bond donors (Lipinski definition) is 2. The van der Waals surface area contributed by atoms with E-state index in [0.717, 1.165) is 30.7 Å². The van der Waals surface area contributed by atoms with Gasteiger partial charge in [-0.1, -0.05) is 0 Å². The molecular formula is C11H19N3O. The van der Waals surface area contributed by atoms with Crippen molar-refractivity contribution in [2.75, 3.05) is 6.61 Å². The van der Waals surface area contributed by atoms with Gasteiger partial charge < -0.3 is 10.8 Å². The van der Waals surface area contributed by atoms with Gasteiger partial charge in [0, 0.05) is 11.2 Å². The monoisotopic (exact) mass is 209 g/mol. The molecule has 1 saturated carbocycles. The average Bonchev–Trinajstić information content (AvgIpc) is 2.85. The fourth-order valence-electron chi connectivity index (χ4n) is 1.99. The van der Waals surface area contributed by atoms with Crippen LogP contribution in [0.15, 0.2) is 0 Å². The normalized spacial score (nSPS) is 18.1. The van der Waals surface area contributed by atoms with Gasteiger partial charge >= 0.3 is 0 Å². The van der Waals surface area contributed by atoms with Crippen LogP contribution in [0, 0.1) is 13.8 Å². The summed E-state index contributed by atoms with van der Waals surface area (Å²) in [6.45, 7) is 4.78. The van der Waals surface area contributed by atoms with Crippen LogP contribution in [0.1, 0.15) is 29.8 Å². The maximum absolute atomic E-state index is 8.90.